The van der Waals surface area contributed by atoms with Gasteiger partial charge in [0.1, 0.15) is 12.4 Å². The lowest BCUT2D eigenvalue weighted by Gasteiger charge is -2.16. The number of benzene rings is 2. The van der Waals surface area contributed by atoms with E-state index in [2.05, 4.69) is 9.72 Å². The summed E-state index contributed by atoms with van der Waals surface area (Å²) in [6.07, 6.45) is -1.65. The number of aryl methyl sites for hydroxylation is 1. The number of halogens is 2. The summed E-state index contributed by atoms with van der Waals surface area (Å²) in [5, 5.41) is 0.455. The maximum atomic E-state index is 12.6. The van der Waals surface area contributed by atoms with Crippen LogP contribution >= 0.6 is 0 Å². The largest absolute Gasteiger partial charge is 0.488 e. The first-order chi connectivity index (χ1) is 15.2. The van der Waals surface area contributed by atoms with Gasteiger partial charge in [0, 0.05) is 42.2 Å². The van der Waals surface area contributed by atoms with E-state index in [1.165, 1.54) is 11.1 Å². The minimum Gasteiger partial charge on any atom is -0.488 e. The van der Waals surface area contributed by atoms with Crippen LogP contribution in [0, 0.1) is 0 Å². The smallest absolute Gasteiger partial charge is 0.345 e. The highest BCUT2D eigenvalue weighted by molar-refractivity contribution is 5.89. The van der Waals surface area contributed by atoms with Gasteiger partial charge in [-0.1, -0.05) is 36.4 Å². The van der Waals surface area contributed by atoms with E-state index in [9.17, 15) is 8.78 Å². The van der Waals surface area contributed by atoms with Gasteiger partial charge in [-0.25, -0.2) is 0 Å². The molecular weight excluding hydrogens is 362 g/mol. The van der Waals surface area contributed by atoms with Crippen LogP contribution in [0.1, 0.15) is 23.0 Å². The number of hydrogen-bond acceptors (Lipinski definition) is 3. The molecule has 6 heteroatoms. The molecule has 3 aromatic rings. The molecule has 1 fully saturated rings. The van der Waals surface area contributed by atoms with E-state index in [1.54, 1.807) is 18.2 Å². The summed E-state index contributed by atoms with van der Waals surface area (Å²) in [5.74, 6) is 0.433. The fraction of sp³-hybridized carbons (Fsp3) is 0.364. The van der Waals surface area contributed by atoms with Crippen LogP contribution in [0.2, 0.25) is 0 Å². The fourth-order valence-corrected chi connectivity index (χ4v) is 3.33. The van der Waals surface area contributed by atoms with Crippen LogP contribution in [-0.4, -0.2) is 42.2 Å². The molecule has 0 bridgehead atoms. The number of aromatic amines is 1. The molecule has 4 rings (SSSR count). The summed E-state index contributed by atoms with van der Waals surface area (Å²) in [4.78, 5) is 4.23. The number of nitrogens with one attached hydrogen (secondary N) is 1. The van der Waals surface area contributed by atoms with Crippen LogP contribution in [0.15, 0.2) is 54.7 Å². The van der Waals surface area contributed by atoms with Gasteiger partial charge in [0.2, 0.25) is 0 Å². The van der Waals surface area contributed by atoms with Gasteiger partial charge < -0.3 is 19.4 Å². The monoisotopic (exact) mass is 390 g/mol. The number of fused-ring (bicyclic) bond motifs is 1. The molecule has 148 valence electrons. The quantitative estimate of drug-likeness (QED) is 0.611. The minimum absolute atomic E-state index is 0.111. The van der Waals surface area contributed by atoms with Crippen molar-refractivity contribution in [1.82, 2.24) is 9.88 Å². The lowest BCUT2D eigenvalue weighted by atomic mass is 10.1. The molecule has 1 atom stereocenters. The van der Waals surface area contributed by atoms with Crippen molar-refractivity contribution in [3.63, 3.8) is 0 Å². The summed E-state index contributed by atoms with van der Waals surface area (Å²) >= 11 is 0. The van der Waals surface area contributed by atoms with Crippen LogP contribution < -0.4 is 4.74 Å². The molecule has 0 spiro atoms. The van der Waals surface area contributed by atoms with Crippen molar-refractivity contribution >= 4 is 10.9 Å². The van der Waals surface area contributed by atoms with Crippen LogP contribution in [-0.2, 0) is 17.7 Å². The second kappa shape index (κ2) is 8.71. The third-order valence-electron chi connectivity index (χ3n) is 4.69. The van der Waals surface area contributed by atoms with Gasteiger partial charge in [0.05, 0.1) is 6.10 Å². The zero-order valence-corrected chi connectivity index (χ0v) is 15.2. The standard InChI is InChI=1S/C22H24F2N2O2/c23-22(24)28-18-10-12-26(14-18)11-9-17-13-25-19-7-4-8-20(21(17)19)27-15-16-5-2-1-3-6-16/h1-8,13,18,22,25H,9-12,14-15H2/t18-/m1/s1/i9D2,11D2. The molecule has 1 aliphatic rings. The Hall–Kier alpha value is -2.44. The third kappa shape index (κ3) is 4.51. The van der Waals surface area contributed by atoms with Crippen molar-refractivity contribution < 1.29 is 23.7 Å². The number of H-pyrrole nitrogens is 1. The number of likely N-dealkylation sites (tertiary alicyclic amines) is 1. The van der Waals surface area contributed by atoms with Gasteiger partial charge in [-0.15, -0.1) is 0 Å². The maximum absolute atomic E-state index is 12.6. The first kappa shape index (κ1) is 14.5. The van der Waals surface area contributed by atoms with Gasteiger partial charge in [-0.3, -0.25) is 0 Å². The van der Waals surface area contributed by atoms with Crippen molar-refractivity contribution in [2.24, 2.45) is 0 Å². The lowest BCUT2D eigenvalue weighted by Crippen LogP contribution is -2.26. The van der Waals surface area contributed by atoms with E-state index in [1.807, 2.05) is 30.3 Å². The molecule has 0 unspecified atom stereocenters. The van der Waals surface area contributed by atoms with Crippen molar-refractivity contribution in [3.05, 3.63) is 65.9 Å². The second-order valence-electron chi connectivity index (χ2n) is 6.65. The zero-order chi connectivity index (χ0) is 22.9. The van der Waals surface area contributed by atoms with Crippen LogP contribution in [0.3, 0.4) is 0 Å². The van der Waals surface area contributed by atoms with Crippen molar-refractivity contribution in [2.75, 3.05) is 19.6 Å². The van der Waals surface area contributed by atoms with Gasteiger partial charge in [0.25, 0.3) is 0 Å². The molecule has 2 heterocycles. The molecule has 1 aliphatic heterocycles. The van der Waals surface area contributed by atoms with Crippen LogP contribution in [0.4, 0.5) is 8.78 Å². The molecule has 0 amide bonds. The van der Waals surface area contributed by atoms with Crippen LogP contribution in [0.25, 0.3) is 10.9 Å². The van der Waals surface area contributed by atoms with Crippen molar-refractivity contribution in [2.45, 2.75) is 32.1 Å². The normalized spacial score (nSPS) is 20.8. The Morgan fingerprint density at radius 2 is 2.04 bits per heavy atom. The van der Waals surface area contributed by atoms with E-state index in [0.717, 1.165) is 5.56 Å². The zero-order valence-electron chi connectivity index (χ0n) is 19.2. The number of aromatic nitrogens is 1. The van der Waals surface area contributed by atoms with Crippen molar-refractivity contribution in [3.8, 4) is 5.75 Å². The fourth-order valence-electron chi connectivity index (χ4n) is 3.33. The van der Waals surface area contributed by atoms with Gasteiger partial charge in [-0.05, 0) is 36.1 Å². The SMILES string of the molecule is [2H]C([2H])(c1c[nH]c2cccc(OCc3ccccc3)c12)C([2H])([2H])N1CC[C@@H](OC(F)F)C1. The predicted octanol–water partition coefficient (Wildman–Crippen LogP) is 4.60. The summed E-state index contributed by atoms with van der Waals surface area (Å²) in [6.45, 7) is -5.13. The number of alkyl halides is 2. The Kier molecular flexibility index (Phi) is 4.52. The Labute approximate surface area is 168 Å². The molecule has 1 N–H and O–H groups in total. The summed E-state index contributed by atoms with van der Waals surface area (Å²) < 4.78 is 70.2. The molecule has 2 aromatic carbocycles. The molecule has 0 saturated carbocycles. The highest BCUT2D eigenvalue weighted by atomic mass is 19.3. The summed E-state index contributed by atoms with van der Waals surface area (Å²) in [5.41, 5.74) is 1.67. The van der Waals surface area contributed by atoms with E-state index in [4.69, 9.17) is 10.2 Å². The number of ether oxygens (including phenoxy) is 2. The van der Waals surface area contributed by atoms with Gasteiger partial charge in [0.15, 0.2) is 0 Å². The molecular formula is C22H24F2N2O2. The molecule has 28 heavy (non-hydrogen) atoms. The van der Waals surface area contributed by atoms with Crippen molar-refractivity contribution in [1.29, 1.82) is 0 Å². The van der Waals surface area contributed by atoms with E-state index >= 15 is 0 Å². The Bertz CT molecular complexity index is 1060. The Morgan fingerprint density at radius 1 is 1.18 bits per heavy atom. The van der Waals surface area contributed by atoms with Crippen LogP contribution in [0.5, 0.6) is 5.75 Å². The maximum Gasteiger partial charge on any atom is 0.345 e. The first-order valence-corrected chi connectivity index (χ1v) is 9.16. The molecule has 0 aliphatic carbocycles. The second-order valence-corrected chi connectivity index (χ2v) is 6.65. The first-order valence-electron chi connectivity index (χ1n) is 11.2. The van der Waals surface area contributed by atoms with E-state index in [0.29, 0.717) is 16.7 Å². The van der Waals surface area contributed by atoms with Gasteiger partial charge in [-0.2, -0.15) is 8.78 Å². The minimum atomic E-state index is -2.94. The molecule has 1 aromatic heterocycles. The van der Waals surface area contributed by atoms with Gasteiger partial charge >= 0.3 is 6.61 Å². The summed E-state index contributed by atoms with van der Waals surface area (Å²) in [6, 6.07) is 14.8. The lowest BCUT2D eigenvalue weighted by molar-refractivity contribution is -0.158. The highest BCUT2D eigenvalue weighted by Crippen LogP contribution is 2.30. The predicted molar refractivity (Wildman–Crippen MR) is 105 cm³/mol. The Balaban J connectivity index is 1.63. The van der Waals surface area contributed by atoms with E-state index < -0.39 is 25.6 Å². The summed E-state index contributed by atoms with van der Waals surface area (Å²) in [7, 11) is 0. The Morgan fingerprint density at radius 3 is 2.86 bits per heavy atom. The number of hydrogen-bond donors (Lipinski definition) is 1. The third-order valence-corrected chi connectivity index (χ3v) is 4.69. The topological polar surface area (TPSA) is 37.5 Å². The van der Waals surface area contributed by atoms with E-state index in [-0.39, 0.29) is 31.7 Å². The molecule has 4 nitrogen and oxygen atoms in total. The number of nitrogens with zero attached hydrogens (tertiary/aromatic N) is 1. The average molecular weight is 390 g/mol. The molecule has 1 saturated heterocycles. The average Bonchev–Trinajstić information content (AvgIpc) is 3.40. The highest BCUT2D eigenvalue weighted by Gasteiger charge is 2.25. The molecule has 0 radical (unpaired) electrons. The number of rotatable bonds is 8.